The van der Waals surface area contributed by atoms with Gasteiger partial charge in [0.15, 0.2) is 0 Å². The predicted octanol–water partition coefficient (Wildman–Crippen LogP) is 2.89. The number of anilines is 1. The average Bonchev–Trinajstić information content (AvgIpc) is 3.00. The maximum Gasteiger partial charge on any atom is 0.336 e. The van der Waals surface area contributed by atoms with Crippen LogP contribution in [0, 0.1) is 19.7 Å². The second kappa shape index (κ2) is 7.71. The van der Waals surface area contributed by atoms with Crippen LogP contribution in [-0.2, 0) is 18.4 Å². The maximum atomic E-state index is 13.4. The van der Waals surface area contributed by atoms with Gasteiger partial charge in [0.1, 0.15) is 17.9 Å². The van der Waals surface area contributed by atoms with Gasteiger partial charge in [-0.25, -0.2) is 13.8 Å². The molecular weight excluding hydrogens is 399 g/mol. The SMILES string of the molecule is Cc1cccc(-n2c(=O)c3c(cc(C)n3C)n(CC(=O)Nc3cccc(F)c3)c2=O)c1. The van der Waals surface area contributed by atoms with Gasteiger partial charge in [-0.05, 0) is 55.8 Å². The minimum Gasteiger partial charge on any atom is -0.342 e. The number of aryl methyl sites for hydroxylation is 3. The van der Waals surface area contributed by atoms with Gasteiger partial charge < -0.3 is 9.88 Å². The Balaban J connectivity index is 1.88. The Labute approximate surface area is 177 Å². The molecule has 2 aromatic heterocycles. The fourth-order valence-electron chi connectivity index (χ4n) is 3.64. The molecule has 0 bridgehead atoms. The molecule has 1 amide bonds. The van der Waals surface area contributed by atoms with E-state index >= 15 is 0 Å². The molecule has 0 atom stereocenters. The Morgan fingerprint density at radius 2 is 1.77 bits per heavy atom. The Kier molecular flexibility index (Phi) is 5.06. The number of aromatic nitrogens is 3. The maximum absolute atomic E-state index is 13.4. The van der Waals surface area contributed by atoms with Crippen LogP contribution in [0.4, 0.5) is 10.1 Å². The van der Waals surface area contributed by atoms with Crippen LogP contribution >= 0.6 is 0 Å². The molecule has 31 heavy (non-hydrogen) atoms. The topological polar surface area (TPSA) is 78.0 Å². The van der Waals surface area contributed by atoms with Gasteiger partial charge in [0.2, 0.25) is 5.91 Å². The fraction of sp³-hybridized carbons (Fsp3) is 0.174. The number of fused-ring (bicyclic) bond motifs is 1. The lowest BCUT2D eigenvalue weighted by Gasteiger charge is -2.13. The largest absolute Gasteiger partial charge is 0.342 e. The number of hydrogen-bond donors (Lipinski definition) is 1. The van der Waals surface area contributed by atoms with Crippen molar-refractivity contribution in [1.82, 2.24) is 13.7 Å². The van der Waals surface area contributed by atoms with E-state index in [1.807, 2.05) is 19.9 Å². The van der Waals surface area contributed by atoms with Crippen molar-refractivity contribution >= 4 is 22.6 Å². The number of carbonyl (C=O) groups excluding carboxylic acids is 1. The van der Waals surface area contributed by atoms with Crippen LogP contribution < -0.4 is 16.6 Å². The smallest absolute Gasteiger partial charge is 0.336 e. The summed E-state index contributed by atoms with van der Waals surface area (Å²) in [7, 11) is 1.74. The third-order valence-corrected chi connectivity index (χ3v) is 5.24. The lowest BCUT2D eigenvalue weighted by atomic mass is 10.2. The second-order valence-electron chi connectivity index (χ2n) is 7.49. The quantitative estimate of drug-likeness (QED) is 0.552. The van der Waals surface area contributed by atoms with E-state index in [0.717, 1.165) is 15.8 Å². The first-order valence-corrected chi connectivity index (χ1v) is 9.70. The van der Waals surface area contributed by atoms with Crippen molar-refractivity contribution in [2.45, 2.75) is 20.4 Å². The summed E-state index contributed by atoms with van der Waals surface area (Å²) in [5, 5.41) is 2.59. The molecule has 0 aliphatic rings. The summed E-state index contributed by atoms with van der Waals surface area (Å²) in [6.07, 6.45) is 0. The van der Waals surface area contributed by atoms with E-state index in [1.54, 1.807) is 41.9 Å². The summed E-state index contributed by atoms with van der Waals surface area (Å²) >= 11 is 0. The zero-order valence-electron chi connectivity index (χ0n) is 17.3. The van der Waals surface area contributed by atoms with E-state index in [4.69, 9.17) is 0 Å². The number of amides is 1. The van der Waals surface area contributed by atoms with E-state index in [0.29, 0.717) is 16.7 Å². The molecule has 0 saturated carbocycles. The van der Waals surface area contributed by atoms with Gasteiger partial charge in [-0.15, -0.1) is 0 Å². The van der Waals surface area contributed by atoms with Gasteiger partial charge >= 0.3 is 5.69 Å². The first-order valence-electron chi connectivity index (χ1n) is 9.70. The summed E-state index contributed by atoms with van der Waals surface area (Å²) in [6, 6.07) is 14.2. The third kappa shape index (κ3) is 3.68. The molecule has 2 heterocycles. The van der Waals surface area contributed by atoms with E-state index in [2.05, 4.69) is 5.32 Å². The molecule has 158 valence electrons. The number of benzene rings is 2. The molecule has 0 radical (unpaired) electrons. The monoisotopic (exact) mass is 420 g/mol. The van der Waals surface area contributed by atoms with Crippen LogP contribution in [0.2, 0.25) is 0 Å². The van der Waals surface area contributed by atoms with E-state index < -0.39 is 23.0 Å². The number of nitrogens with zero attached hydrogens (tertiary/aromatic N) is 3. The van der Waals surface area contributed by atoms with Crippen LogP contribution in [0.5, 0.6) is 0 Å². The van der Waals surface area contributed by atoms with Gasteiger partial charge in [-0.2, -0.15) is 0 Å². The predicted molar refractivity (Wildman–Crippen MR) is 117 cm³/mol. The highest BCUT2D eigenvalue weighted by Crippen LogP contribution is 2.16. The third-order valence-electron chi connectivity index (χ3n) is 5.24. The number of halogens is 1. The van der Waals surface area contributed by atoms with E-state index in [9.17, 15) is 18.8 Å². The summed E-state index contributed by atoms with van der Waals surface area (Å²) in [4.78, 5) is 39.3. The van der Waals surface area contributed by atoms with Gasteiger partial charge in [0.25, 0.3) is 5.56 Å². The molecule has 7 nitrogen and oxygen atoms in total. The molecule has 0 fully saturated rings. The minimum absolute atomic E-state index is 0.283. The van der Waals surface area contributed by atoms with E-state index in [1.165, 1.54) is 22.8 Å². The van der Waals surface area contributed by atoms with Crippen molar-refractivity contribution < 1.29 is 9.18 Å². The van der Waals surface area contributed by atoms with Crippen molar-refractivity contribution in [1.29, 1.82) is 0 Å². The first-order chi connectivity index (χ1) is 14.8. The van der Waals surface area contributed by atoms with Crippen molar-refractivity contribution in [3.05, 3.63) is 92.5 Å². The zero-order valence-corrected chi connectivity index (χ0v) is 17.3. The van der Waals surface area contributed by atoms with Gasteiger partial charge in [-0.3, -0.25) is 14.2 Å². The van der Waals surface area contributed by atoms with Gasteiger partial charge in [0.05, 0.1) is 11.2 Å². The first kappa shape index (κ1) is 20.3. The lowest BCUT2D eigenvalue weighted by Crippen LogP contribution is -2.41. The summed E-state index contributed by atoms with van der Waals surface area (Å²) in [6.45, 7) is 3.35. The minimum atomic E-state index is -0.622. The molecular formula is C23H21FN4O3. The highest BCUT2D eigenvalue weighted by atomic mass is 19.1. The molecule has 0 saturated heterocycles. The molecule has 0 spiro atoms. The van der Waals surface area contributed by atoms with E-state index in [-0.39, 0.29) is 12.2 Å². The summed E-state index contributed by atoms with van der Waals surface area (Å²) in [5.41, 5.74) is 1.98. The molecule has 0 aliphatic heterocycles. The molecule has 8 heteroatoms. The summed E-state index contributed by atoms with van der Waals surface area (Å²) < 4.78 is 17.5. The number of hydrogen-bond acceptors (Lipinski definition) is 3. The molecule has 4 rings (SSSR count). The summed E-state index contributed by atoms with van der Waals surface area (Å²) in [5.74, 6) is -0.992. The number of rotatable bonds is 4. The van der Waals surface area contributed by atoms with Crippen molar-refractivity contribution in [3.63, 3.8) is 0 Å². The van der Waals surface area contributed by atoms with Crippen LogP contribution in [-0.4, -0.2) is 19.6 Å². The Morgan fingerprint density at radius 1 is 1.03 bits per heavy atom. The normalized spacial score (nSPS) is 11.1. The lowest BCUT2D eigenvalue weighted by molar-refractivity contribution is -0.116. The second-order valence-corrected chi connectivity index (χ2v) is 7.49. The zero-order chi connectivity index (χ0) is 22.3. The van der Waals surface area contributed by atoms with Gasteiger partial charge in [-0.1, -0.05) is 18.2 Å². The van der Waals surface area contributed by atoms with Gasteiger partial charge in [0, 0.05) is 18.4 Å². The van der Waals surface area contributed by atoms with Crippen molar-refractivity contribution in [3.8, 4) is 5.69 Å². The highest BCUT2D eigenvalue weighted by molar-refractivity contribution is 5.91. The molecule has 0 unspecified atom stereocenters. The van der Waals surface area contributed by atoms with Crippen LogP contribution in [0.3, 0.4) is 0 Å². The molecule has 0 aliphatic carbocycles. The number of carbonyl (C=O) groups is 1. The highest BCUT2D eigenvalue weighted by Gasteiger charge is 2.20. The van der Waals surface area contributed by atoms with Crippen LogP contribution in [0.15, 0.2) is 64.2 Å². The van der Waals surface area contributed by atoms with Crippen molar-refractivity contribution in [2.75, 3.05) is 5.32 Å². The van der Waals surface area contributed by atoms with Crippen molar-refractivity contribution in [2.24, 2.45) is 7.05 Å². The fourth-order valence-corrected chi connectivity index (χ4v) is 3.64. The molecule has 2 aromatic carbocycles. The van der Waals surface area contributed by atoms with Crippen LogP contribution in [0.25, 0.3) is 16.7 Å². The Hall–Kier alpha value is -3.94. The standard InChI is InChI=1S/C23H21FN4O3/c1-14-6-4-9-18(10-14)28-22(30)21-19(11-15(2)26(21)3)27(23(28)31)13-20(29)25-17-8-5-7-16(24)12-17/h4-12H,13H2,1-3H3,(H,25,29). The van der Waals surface area contributed by atoms with Crippen LogP contribution in [0.1, 0.15) is 11.3 Å². The average molecular weight is 420 g/mol. The number of nitrogens with one attached hydrogen (secondary N) is 1. The molecule has 1 N–H and O–H groups in total. The Bertz CT molecular complexity index is 1450. The Morgan fingerprint density at radius 3 is 2.48 bits per heavy atom. The molecule has 4 aromatic rings.